The van der Waals surface area contributed by atoms with Crippen molar-refractivity contribution in [2.45, 2.75) is 19.4 Å². The number of aliphatic carboxylic acids is 1. The van der Waals surface area contributed by atoms with Crippen LogP contribution in [0.4, 0.5) is 0 Å². The molecule has 4 nitrogen and oxygen atoms in total. The van der Waals surface area contributed by atoms with Gasteiger partial charge in [-0.05, 0) is 24.1 Å². The zero-order valence-corrected chi connectivity index (χ0v) is 13.0. The van der Waals surface area contributed by atoms with Gasteiger partial charge < -0.3 is 14.6 Å². The first-order valence-electron chi connectivity index (χ1n) is 7.91. The molecule has 1 aliphatic heterocycles. The van der Waals surface area contributed by atoms with Gasteiger partial charge in [0.2, 0.25) is 0 Å². The number of quaternary nitrogens is 1. The molecule has 0 bridgehead atoms. The molecule has 2 N–H and O–H groups in total. The molecule has 22 heavy (non-hydrogen) atoms. The molecular weight excluding hydrogens is 276 g/mol. The molecule has 2 aliphatic rings. The molecule has 4 rings (SSSR count). The summed E-state index contributed by atoms with van der Waals surface area (Å²) in [5, 5.41) is 10.8. The zero-order valence-electron chi connectivity index (χ0n) is 13.0. The molecule has 1 unspecified atom stereocenters. The van der Waals surface area contributed by atoms with Gasteiger partial charge in [-0.2, -0.15) is 0 Å². The molecule has 0 amide bonds. The molecule has 1 aromatic heterocycles. The second-order valence-electron chi connectivity index (χ2n) is 6.81. The van der Waals surface area contributed by atoms with E-state index in [-0.39, 0.29) is 0 Å². The molecule has 0 spiro atoms. The minimum Gasteiger partial charge on any atom is -0.481 e. The van der Waals surface area contributed by atoms with Gasteiger partial charge in [0.1, 0.15) is 12.0 Å². The van der Waals surface area contributed by atoms with Crippen molar-refractivity contribution in [2.75, 3.05) is 20.1 Å². The predicted octanol–water partition coefficient (Wildman–Crippen LogP) is 2.66. The van der Waals surface area contributed by atoms with Gasteiger partial charge in [-0.1, -0.05) is 18.2 Å². The van der Waals surface area contributed by atoms with E-state index >= 15 is 0 Å². The van der Waals surface area contributed by atoms with E-state index in [2.05, 4.69) is 43.4 Å². The van der Waals surface area contributed by atoms with Crippen LogP contribution in [0.5, 0.6) is 0 Å². The Balaban J connectivity index is 1.97. The predicted molar refractivity (Wildman–Crippen MR) is 86.5 cm³/mol. The third-order valence-electron chi connectivity index (χ3n) is 5.66. The Morgan fingerprint density at radius 2 is 2.27 bits per heavy atom. The number of nitrogens with one attached hydrogen (secondary N) is 1. The highest BCUT2D eigenvalue weighted by Crippen LogP contribution is 2.43. The highest BCUT2D eigenvalue weighted by atomic mass is 16.4. The number of aromatic amines is 1. The number of benzene rings is 1. The summed E-state index contributed by atoms with van der Waals surface area (Å²) in [6, 6.07) is 6.65. The van der Waals surface area contributed by atoms with Crippen LogP contribution in [0, 0.1) is 5.92 Å². The van der Waals surface area contributed by atoms with Gasteiger partial charge in [-0.25, -0.2) is 0 Å². The molecule has 0 saturated carbocycles. The number of likely N-dealkylation sites (N-methyl/N-ethyl adjacent to an activating group) is 1. The Bertz CT molecular complexity index is 805. The monoisotopic (exact) mass is 297 g/mol. The average molecular weight is 297 g/mol. The van der Waals surface area contributed by atoms with E-state index < -0.39 is 11.9 Å². The van der Waals surface area contributed by atoms with Crippen LogP contribution in [0.2, 0.25) is 0 Å². The lowest BCUT2D eigenvalue weighted by Gasteiger charge is -2.47. The fraction of sp³-hybridized carbons (Fsp3) is 0.389. The summed E-state index contributed by atoms with van der Waals surface area (Å²) in [7, 11) is 2.20. The number of hydrogen-bond donors (Lipinski definition) is 2. The van der Waals surface area contributed by atoms with Crippen LogP contribution in [-0.2, 0) is 11.2 Å². The van der Waals surface area contributed by atoms with Gasteiger partial charge in [0.25, 0.3) is 0 Å². The molecule has 0 radical (unpaired) electrons. The van der Waals surface area contributed by atoms with E-state index in [0.29, 0.717) is 12.6 Å². The van der Waals surface area contributed by atoms with Crippen LogP contribution in [0.3, 0.4) is 0 Å². The number of carboxylic acid groups (broad SMARTS) is 1. The van der Waals surface area contributed by atoms with Crippen molar-refractivity contribution >= 4 is 22.4 Å². The van der Waals surface area contributed by atoms with Crippen molar-refractivity contribution in [3.05, 3.63) is 41.6 Å². The molecule has 2 aromatic rings. The molecule has 1 aliphatic carbocycles. The van der Waals surface area contributed by atoms with E-state index in [9.17, 15) is 9.90 Å². The Labute approximate surface area is 129 Å². The standard InChI is InChI=1S/C18H20N2O2/c1-3-20(2)10-12(18(21)22)7-14-13-5-4-6-15-17(13)11(9-19-15)8-16(14)20/h4-7,9,12,16,19H,3,8,10H2,1-2H3/p+1/t12-,16-,20?/m1/s1. The summed E-state index contributed by atoms with van der Waals surface area (Å²) in [6.45, 7) is 3.78. The topological polar surface area (TPSA) is 53.1 Å². The summed E-state index contributed by atoms with van der Waals surface area (Å²) in [6.07, 6.45) is 5.11. The Morgan fingerprint density at radius 1 is 1.45 bits per heavy atom. The van der Waals surface area contributed by atoms with Gasteiger partial charge in [0.05, 0.1) is 20.1 Å². The molecule has 0 saturated heterocycles. The molecule has 114 valence electrons. The summed E-state index contributed by atoms with van der Waals surface area (Å²) < 4.78 is 0.795. The minimum absolute atomic E-state index is 0.356. The maximum atomic E-state index is 11.6. The van der Waals surface area contributed by atoms with Crippen molar-refractivity contribution in [2.24, 2.45) is 5.92 Å². The smallest absolute Gasteiger partial charge is 0.316 e. The summed E-state index contributed by atoms with van der Waals surface area (Å²) >= 11 is 0. The lowest BCUT2D eigenvalue weighted by molar-refractivity contribution is -0.926. The van der Waals surface area contributed by atoms with Crippen LogP contribution in [-0.4, -0.2) is 46.7 Å². The van der Waals surface area contributed by atoms with E-state index in [1.807, 2.05) is 6.08 Å². The molecule has 1 aromatic carbocycles. The van der Waals surface area contributed by atoms with Crippen molar-refractivity contribution < 1.29 is 14.4 Å². The highest BCUT2D eigenvalue weighted by Gasteiger charge is 2.45. The first-order chi connectivity index (χ1) is 10.5. The number of rotatable bonds is 2. The summed E-state index contributed by atoms with van der Waals surface area (Å²) in [5.74, 6) is -1.11. The van der Waals surface area contributed by atoms with Gasteiger partial charge in [-0.3, -0.25) is 4.79 Å². The van der Waals surface area contributed by atoms with E-state index in [1.54, 1.807) is 0 Å². The van der Waals surface area contributed by atoms with Gasteiger partial charge in [-0.15, -0.1) is 0 Å². The Kier molecular flexibility index (Phi) is 2.76. The maximum absolute atomic E-state index is 11.6. The van der Waals surface area contributed by atoms with Crippen LogP contribution < -0.4 is 0 Å². The lowest BCUT2D eigenvalue weighted by Crippen LogP contribution is -2.59. The Morgan fingerprint density at radius 3 is 3.00 bits per heavy atom. The second-order valence-corrected chi connectivity index (χ2v) is 6.81. The molecule has 4 heteroatoms. The molecular formula is C18H21N2O2+. The summed E-state index contributed by atoms with van der Waals surface area (Å²) in [5.41, 5.74) is 4.95. The SMILES string of the molecule is CC[N+]1(C)C[C@H](C(=O)O)C=C2c3cccc4[nH]cc(c34)C[C@H]21. The van der Waals surface area contributed by atoms with E-state index in [4.69, 9.17) is 0 Å². The largest absolute Gasteiger partial charge is 0.481 e. The number of carboxylic acids is 1. The van der Waals surface area contributed by atoms with Gasteiger partial charge in [0, 0.05) is 29.1 Å². The van der Waals surface area contributed by atoms with Crippen molar-refractivity contribution in [3.8, 4) is 0 Å². The molecule has 2 heterocycles. The van der Waals surface area contributed by atoms with Crippen LogP contribution in [0.15, 0.2) is 30.5 Å². The number of H-pyrrole nitrogens is 1. The van der Waals surface area contributed by atoms with E-state index in [0.717, 1.165) is 23.0 Å². The number of hydrogen-bond acceptors (Lipinski definition) is 1. The third kappa shape index (κ3) is 1.70. The zero-order chi connectivity index (χ0) is 15.5. The molecule has 3 atom stereocenters. The van der Waals surface area contributed by atoms with Crippen LogP contribution in [0.25, 0.3) is 16.5 Å². The maximum Gasteiger partial charge on any atom is 0.316 e. The van der Waals surface area contributed by atoms with Crippen LogP contribution >= 0.6 is 0 Å². The second kappa shape index (κ2) is 4.46. The van der Waals surface area contributed by atoms with Gasteiger partial charge in [0.15, 0.2) is 0 Å². The minimum atomic E-state index is -0.712. The highest BCUT2D eigenvalue weighted by molar-refractivity contribution is 5.98. The quantitative estimate of drug-likeness (QED) is 0.837. The average Bonchev–Trinajstić information content (AvgIpc) is 2.93. The van der Waals surface area contributed by atoms with Crippen molar-refractivity contribution in [1.82, 2.24) is 4.98 Å². The molecule has 0 fully saturated rings. The third-order valence-corrected chi connectivity index (χ3v) is 5.66. The fourth-order valence-electron chi connectivity index (χ4n) is 4.26. The van der Waals surface area contributed by atoms with E-state index in [1.165, 1.54) is 22.1 Å². The lowest BCUT2D eigenvalue weighted by atomic mass is 9.78. The number of fused-ring (bicyclic) bond motifs is 2. The van der Waals surface area contributed by atoms with Gasteiger partial charge >= 0.3 is 5.97 Å². The number of aromatic nitrogens is 1. The van der Waals surface area contributed by atoms with Crippen LogP contribution in [0.1, 0.15) is 18.1 Å². The number of carbonyl (C=O) groups is 1. The van der Waals surface area contributed by atoms with Crippen molar-refractivity contribution in [3.63, 3.8) is 0 Å². The first kappa shape index (κ1) is 13.6. The fourth-order valence-corrected chi connectivity index (χ4v) is 4.26. The Hall–Kier alpha value is -2.07. The van der Waals surface area contributed by atoms with Crippen molar-refractivity contribution in [1.29, 1.82) is 0 Å². The number of nitrogens with zero attached hydrogens (tertiary/aromatic N) is 1. The summed E-state index contributed by atoms with van der Waals surface area (Å²) in [4.78, 5) is 15.0. The normalized spacial score (nSPS) is 30.0. The first-order valence-corrected chi connectivity index (χ1v) is 7.91.